The molecule has 0 aliphatic carbocycles. The molecule has 2 saturated heterocycles. The minimum Gasteiger partial charge on any atom is -0.492 e. The highest BCUT2D eigenvalue weighted by molar-refractivity contribution is 7.99. The number of esters is 1. The molecule has 0 radical (unpaired) electrons. The van der Waals surface area contributed by atoms with Crippen molar-refractivity contribution in [3.63, 3.8) is 0 Å². The summed E-state index contributed by atoms with van der Waals surface area (Å²) in [6.07, 6.45) is 0.675. The van der Waals surface area contributed by atoms with E-state index in [-0.39, 0.29) is 25.1 Å². The fourth-order valence-electron chi connectivity index (χ4n) is 2.77. The maximum atomic E-state index is 12.5. The summed E-state index contributed by atoms with van der Waals surface area (Å²) in [6.45, 7) is 0.385. The molecule has 0 aromatic heterocycles. The van der Waals surface area contributed by atoms with E-state index in [0.717, 1.165) is 5.75 Å². The van der Waals surface area contributed by atoms with Crippen molar-refractivity contribution in [2.24, 2.45) is 0 Å². The molecule has 1 N–H and O–H groups in total. The van der Waals surface area contributed by atoms with Crippen molar-refractivity contribution < 1.29 is 23.9 Å². The highest BCUT2D eigenvalue weighted by Gasteiger charge is 2.52. The molecule has 2 aliphatic heterocycles. The molecular formula is C16H18N2O5S. The van der Waals surface area contributed by atoms with Gasteiger partial charge in [0, 0.05) is 5.75 Å². The van der Waals surface area contributed by atoms with E-state index in [1.54, 1.807) is 36.0 Å². The van der Waals surface area contributed by atoms with Gasteiger partial charge in [0.25, 0.3) is 5.91 Å². The van der Waals surface area contributed by atoms with E-state index in [1.807, 2.05) is 0 Å². The third kappa shape index (κ3) is 3.06. The lowest BCUT2D eigenvalue weighted by Crippen LogP contribution is -2.47. The Balaban J connectivity index is 1.54. The Morgan fingerprint density at radius 2 is 2.08 bits per heavy atom. The van der Waals surface area contributed by atoms with Crippen LogP contribution in [0.2, 0.25) is 0 Å². The van der Waals surface area contributed by atoms with Crippen molar-refractivity contribution in [1.29, 1.82) is 0 Å². The van der Waals surface area contributed by atoms with E-state index in [9.17, 15) is 14.4 Å². The van der Waals surface area contributed by atoms with Gasteiger partial charge in [0.1, 0.15) is 17.9 Å². The number of rotatable bonds is 5. The third-order valence-electron chi connectivity index (χ3n) is 4.13. The van der Waals surface area contributed by atoms with Gasteiger partial charge in [-0.15, -0.1) is 0 Å². The number of benzene rings is 1. The molecule has 1 aromatic rings. The lowest BCUT2D eigenvalue weighted by molar-refractivity contribution is -0.130. The van der Waals surface area contributed by atoms with Crippen molar-refractivity contribution in [2.75, 3.05) is 31.8 Å². The van der Waals surface area contributed by atoms with Gasteiger partial charge in [-0.1, -0.05) is 0 Å². The van der Waals surface area contributed by atoms with Crippen molar-refractivity contribution in [2.45, 2.75) is 12.0 Å². The Kier molecular flexibility index (Phi) is 4.66. The number of amides is 3. The van der Waals surface area contributed by atoms with Crippen LogP contribution in [0, 0.1) is 0 Å². The SMILES string of the molecule is COC(=O)c1ccc(OCCN2C(=O)N[C@@]3(CCSC3)C2=O)cc1. The van der Waals surface area contributed by atoms with E-state index in [2.05, 4.69) is 10.1 Å². The summed E-state index contributed by atoms with van der Waals surface area (Å²) in [5.41, 5.74) is -0.288. The molecule has 7 nitrogen and oxygen atoms in total. The van der Waals surface area contributed by atoms with Crippen molar-refractivity contribution in [3.8, 4) is 5.75 Å². The van der Waals surface area contributed by atoms with E-state index < -0.39 is 11.5 Å². The van der Waals surface area contributed by atoms with E-state index in [4.69, 9.17) is 4.74 Å². The average Bonchev–Trinajstić information content (AvgIpc) is 3.15. The smallest absolute Gasteiger partial charge is 0.337 e. The summed E-state index contributed by atoms with van der Waals surface area (Å²) in [6, 6.07) is 6.13. The van der Waals surface area contributed by atoms with Gasteiger partial charge in [0.15, 0.2) is 0 Å². The molecule has 1 spiro atoms. The molecule has 2 fully saturated rings. The Hall–Kier alpha value is -2.22. The summed E-state index contributed by atoms with van der Waals surface area (Å²) in [7, 11) is 1.32. The van der Waals surface area contributed by atoms with Crippen molar-refractivity contribution in [3.05, 3.63) is 29.8 Å². The van der Waals surface area contributed by atoms with E-state index >= 15 is 0 Å². The van der Waals surface area contributed by atoms with Gasteiger partial charge in [-0.3, -0.25) is 9.69 Å². The Morgan fingerprint density at radius 1 is 1.33 bits per heavy atom. The number of ether oxygens (including phenoxy) is 2. The number of urea groups is 1. The predicted octanol–water partition coefficient (Wildman–Crippen LogP) is 1.28. The molecule has 3 amide bonds. The second-order valence-corrected chi connectivity index (χ2v) is 6.74. The zero-order valence-corrected chi connectivity index (χ0v) is 14.1. The lowest BCUT2D eigenvalue weighted by atomic mass is 9.99. The monoisotopic (exact) mass is 350 g/mol. The normalized spacial score (nSPS) is 22.8. The van der Waals surface area contributed by atoms with Crippen LogP contribution in [0.15, 0.2) is 24.3 Å². The molecule has 0 unspecified atom stereocenters. The van der Waals surface area contributed by atoms with Gasteiger partial charge in [-0.2, -0.15) is 11.8 Å². The zero-order valence-electron chi connectivity index (χ0n) is 13.2. The third-order valence-corrected chi connectivity index (χ3v) is 5.32. The van der Waals surface area contributed by atoms with Gasteiger partial charge in [-0.05, 0) is 36.4 Å². The summed E-state index contributed by atoms with van der Waals surface area (Å²) in [5, 5.41) is 2.81. The van der Waals surface area contributed by atoms with E-state index in [1.165, 1.54) is 12.0 Å². The fraction of sp³-hybridized carbons (Fsp3) is 0.438. The quantitative estimate of drug-likeness (QED) is 0.636. The minimum atomic E-state index is -0.718. The van der Waals surface area contributed by atoms with Gasteiger partial charge in [0.05, 0.1) is 19.2 Å². The Bertz CT molecular complexity index is 655. The van der Waals surface area contributed by atoms with Gasteiger partial charge >= 0.3 is 12.0 Å². The number of thioether (sulfide) groups is 1. The topological polar surface area (TPSA) is 84.9 Å². The number of imide groups is 1. The second kappa shape index (κ2) is 6.72. The first-order chi connectivity index (χ1) is 11.6. The summed E-state index contributed by atoms with van der Waals surface area (Å²) < 4.78 is 10.2. The first kappa shape index (κ1) is 16.6. The molecule has 2 aliphatic rings. The van der Waals surface area contributed by atoms with Crippen LogP contribution in [-0.4, -0.2) is 60.1 Å². The summed E-state index contributed by atoms with van der Waals surface area (Å²) >= 11 is 1.67. The largest absolute Gasteiger partial charge is 0.492 e. The molecule has 3 rings (SSSR count). The maximum absolute atomic E-state index is 12.5. The molecular weight excluding hydrogens is 332 g/mol. The standard InChI is InChI=1S/C16H18N2O5S/c1-22-13(19)11-2-4-12(5-3-11)23-8-7-18-14(20)16(17-15(18)21)6-9-24-10-16/h2-5H,6-10H2,1H3,(H,17,21)/t16-/m1/s1. The summed E-state index contributed by atoms with van der Waals surface area (Å²) in [4.78, 5) is 37.0. The molecule has 1 aromatic carbocycles. The van der Waals surface area contributed by atoms with Crippen LogP contribution in [0.25, 0.3) is 0 Å². The lowest BCUT2D eigenvalue weighted by Gasteiger charge is -2.19. The van der Waals surface area contributed by atoms with Crippen LogP contribution in [0.3, 0.4) is 0 Å². The van der Waals surface area contributed by atoms with E-state index in [0.29, 0.717) is 23.5 Å². The van der Waals surface area contributed by atoms with Crippen molar-refractivity contribution >= 4 is 29.7 Å². The zero-order chi connectivity index (χ0) is 17.2. The molecule has 1 atom stereocenters. The van der Waals surface area contributed by atoms with Crippen LogP contribution < -0.4 is 10.1 Å². The molecule has 0 saturated carbocycles. The number of methoxy groups -OCH3 is 1. The predicted molar refractivity (Wildman–Crippen MR) is 88.2 cm³/mol. The minimum absolute atomic E-state index is 0.165. The Labute approximate surface area is 143 Å². The molecule has 8 heteroatoms. The van der Waals surface area contributed by atoms with Crippen molar-refractivity contribution in [1.82, 2.24) is 10.2 Å². The Morgan fingerprint density at radius 3 is 2.71 bits per heavy atom. The first-order valence-electron chi connectivity index (χ1n) is 7.59. The first-order valence-corrected chi connectivity index (χ1v) is 8.74. The second-order valence-electron chi connectivity index (χ2n) is 5.64. The number of hydrogen-bond donors (Lipinski definition) is 1. The number of hydrogen-bond acceptors (Lipinski definition) is 6. The molecule has 0 bridgehead atoms. The van der Waals surface area contributed by atoms with Gasteiger partial charge in [-0.25, -0.2) is 9.59 Å². The average molecular weight is 350 g/mol. The number of nitrogens with one attached hydrogen (secondary N) is 1. The van der Waals surface area contributed by atoms with Crippen LogP contribution in [0.1, 0.15) is 16.8 Å². The fourth-order valence-corrected chi connectivity index (χ4v) is 4.10. The molecule has 2 heterocycles. The van der Waals surface area contributed by atoms with Gasteiger partial charge in [0.2, 0.25) is 0 Å². The molecule has 24 heavy (non-hydrogen) atoms. The van der Waals surface area contributed by atoms with Crippen LogP contribution in [0.4, 0.5) is 4.79 Å². The maximum Gasteiger partial charge on any atom is 0.337 e. The highest BCUT2D eigenvalue weighted by Crippen LogP contribution is 2.33. The number of carbonyl (C=O) groups excluding carboxylic acids is 3. The molecule has 128 valence electrons. The van der Waals surface area contributed by atoms with Crippen LogP contribution >= 0.6 is 11.8 Å². The van der Waals surface area contributed by atoms with Crippen LogP contribution in [0.5, 0.6) is 5.75 Å². The number of nitrogens with zero attached hydrogens (tertiary/aromatic N) is 1. The van der Waals surface area contributed by atoms with Gasteiger partial charge < -0.3 is 14.8 Å². The number of carbonyl (C=O) groups is 3. The summed E-state index contributed by atoms with van der Waals surface area (Å²) in [5.74, 6) is 1.48. The highest BCUT2D eigenvalue weighted by atomic mass is 32.2. The van der Waals surface area contributed by atoms with Crippen LogP contribution in [-0.2, 0) is 9.53 Å².